The maximum atomic E-state index is 12.2. The fourth-order valence-electron chi connectivity index (χ4n) is 4.07. The monoisotopic (exact) mass is 337 g/mol. The van der Waals surface area contributed by atoms with Crippen molar-refractivity contribution in [1.82, 2.24) is 15.2 Å². The number of aromatic nitrogens is 3. The minimum Gasteiger partial charge on any atom is -0.461 e. The molecule has 126 valence electrons. The number of fused-ring (bicyclic) bond motifs is 2. The van der Waals surface area contributed by atoms with Crippen LogP contribution in [0.2, 0.25) is 0 Å². The maximum Gasteiger partial charge on any atom is 0.316 e. The van der Waals surface area contributed by atoms with Crippen molar-refractivity contribution in [1.29, 1.82) is 0 Å². The van der Waals surface area contributed by atoms with E-state index in [1.165, 1.54) is 6.42 Å². The summed E-state index contributed by atoms with van der Waals surface area (Å²) in [5.41, 5.74) is 0.321. The topological polar surface area (TPSA) is 84.9 Å². The van der Waals surface area contributed by atoms with Crippen molar-refractivity contribution in [3.8, 4) is 0 Å². The molecule has 2 aliphatic rings. The highest BCUT2D eigenvalue weighted by Crippen LogP contribution is 2.66. The van der Waals surface area contributed by atoms with Gasteiger partial charge in [0.05, 0.1) is 5.75 Å². The number of esters is 1. The van der Waals surface area contributed by atoms with E-state index in [-0.39, 0.29) is 34.2 Å². The molecule has 0 unspecified atom stereocenters. The van der Waals surface area contributed by atoms with Crippen LogP contribution >= 0.6 is 11.8 Å². The molecular formula is C16H23N3O3S. The molecule has 1 N–H and O–H groups in total. The Bertz CT molecular complexity index is 687. The van der Waals surface area contributed by atoms with E-state index < -0.39 is 0 Å². The predicted octanol–water partition coefficient (Wildman–Crippen LogP) is 2.32. The smallest absolute Gasteiger partial charge is 0.316 e. The zero-order chi connectivity index (χ0) is 16.8. The Morgan fingerprint density at radius 2 is 2.13 bits per heavy atom. The van der Waals surface area contributed by atoms with E-state index >= 15 is 0 Å². The van der Waals surface area contributed by atoms with E-state index in [2.05, 4.69) is 36.0 Å². The van der Waals surface area contributed by atoms with Gasteiger partial charge >= 0.3 is 5.97 Å². The Balaban J connectivity index is 1.58. The van der Waals surface area contributed by atoms with Gasteiger partial charge in [-0.1, -0.05) is 32.5 Å². The second kappa shape index (κ2) is 5.61. The third-order valence-electron chi connectivity index (χ3n) is 6.15. The van der Waals surface area contributed by atoms with Crippen molar-refractivity contribution in [2.45, 2.75) is 58.2 Å². The number of rotatable bonds is 4. The van der Waals surface area contributed by atoms with Gasteiger partial charge in [-0.15, -0.1) is 10.2 Å². The minimum absolute atomic E-state index is 0.00694. The summed E-state index contributed by atoms with van der Waals surface area (Å²) < 4.78 is 5.76. The van der Waals surface area contributed by atoms with Crippen molar-refractivity contribution >= 4 is 17.7 Å². The molecule has 0 spiro atoms. The number of nitrogens with zero attached hydrogens (tertiary/aromatic N) is 2. The average Bonchev–Trinajstić information content (AvgIpc) is 2.82. The molecule has 1 heterocycles. The lowest BCUT2D eigenvalue weighted by molar-refractivity contribution is -0.153. The van der Waals surface area contributed by atoms with Crippen molar-refractivity contribution in [2.24, 2.45) is 16.7 Å². The normalized spacial score (nSPS) is 31.3. The van der Waals surface area contributed by atoms with Gasteiger partial charge in [0, 0.05) is 5.41 Å². The Morgan fingerprint density at radius 1 is 1.39 bits per heavy atom. The first-order valence-corrected chi connectivity index (χ1v) is 8.98. The zero-order valence-electron chi connectivity index (χ0n) is 14.0. The molecular weight excluding hydrogens is 314 g/mol. The summed E-state index contributed by atoms with van der Waals surface area (Å²) in [5.74, 6) is 0.510. The van der Waals surface area contributed by atoms with Crippen LogP contribution in [0.4, 0.5) is 0 Å². The summed E-state index contributed by atoms with van der Waals surface area (Å²) >= 11 is 1.15. The van der Waals surface area contributed by atoms with Crippen LogP contribution in [0.5, 0.6) is 0 Å². The molecule has 0 saturated heterocycles. The molecule has 0 amide bonds. The van der Waals surface area contributed by atoms with Gasteiger partial charge in [-0.25, -0.2) is 0 Å². The first kappa shape index (κ1) is 16.5. The number of aryl methyl sites for hydroxylation is 1. The van der Waals surface area contributed by atoms with Gasteiger partial charge in [-0.2, -0.15) is 0 Å². The van der Waals surface area contributed by atoms with Crippen LogP contribution in [0.25, 0.3) is 0 Å². The number of aromatic amines is 1. The molecule has 6 nitrogen and oxygen atoms in total. The van der Waals surface area contributed by atoms with Crippen LogP contribution in [0.3, 0.4) is 0 Å². The van der Waals surface area contributed by atoms with Gasteiger partial charge in [0.2, 0.25) is 0 Å². The molecule has 0 radical (unpaired) electrons. The number of thioether (sulfide) groups is 1. The molecule has 1 aromatic rings. The van der Waals surface area contributed by atoms with Crippen LogP contribution in [-0.2, 0) is 9.53 Å². The predicted molar refractivity (Wildman–Crippen MR) is 87.2 cm³/mol. The zero-order valence-corrected chi connectivity index (χ0v) is 14.8. The van der Waals surface area contributed by atoms with Crippen molar-refractivity contribution in [2.75, 3.05) is 5.75 Å². The average molecular weight is 337 g/mol. The number of nitrogens with one attached hydrogen (secondary N) is 1. The van der Waals surface area contributed by atoms with Crippen molar-refractivity contribution in [3.63, 3.8) is 0 Å². The lowest BCUT2D eigenvalue weighted by Gasteiger charge is -2.38. The molecule has 0 aromatic carbocycles. The Morgan fingerprint density at radius 3 is 2.70 bits per heavy atom. The van der Waals surface area contributed by atoms with Crippen LogP contribution in [-0.4, -0.2) is 33.0 Å². The number of carbonyl (C=O) groups is 1. The van der Waals surface area contributed by atoms with Gasteiger partial charge in [-0.05, 0) is 37.5 Å². The highest BCUT2D eigenvalue weighted by molar-refractivity contribution is 7.99. The lowest BCUT2D eigenvalue weighted by Crippen LogP contribution is -2.38. The molecule has 2 saturated carbocycles. The minimum atomic E-state index is -0.279. The molecule has 2 fully saturated rings. The van der Waals surface area contributed by atoms with E-state index in [0.29, 0.717) is 16.8 Å². The summed E-state index contributed by atoms with van der Waals surface area (Å²) in [6.07, 6.45) is 3.30. The quantitative estimate of drug-likeness (QED) is 0.670. The van der Waals surface area contributed by atoms with Crippen LogP contribution in [0.1, 0.15) is 45.7 Å². The van der Waals surface area contributed by atoms with Gasteiger partial charge in [-0.3, -0.25) is 14.6 Å². The lowest BCUT2D eigenvalue weighted by atomic mass is 9.70. The van der Waals surface area contributed by atoms with E-state index in [1.807, 2.05) is 0 Å². The molecule has 3 atom stereocenters. The van der Waals surface area contributed by atoms with Crippen LogP contribution in [0, 0.1) is 23.7 Å². The second-order valence-electron chi connectivity index (χ2n) is 7.42. The van der Waals surface area contributed by atoms with Crippen molar-refractivity contribution in [3.05, 3.63) is 16.0 Å². The molecule has 7 heteroatoms. The summed E-state index contributed by atoms with van der Waals surface area (Å²) in [5, 5.41) is 7.97. The summed E-state index contributed by atoms with van der Waals surface area (Å²) in [7, 11) is 0. The summed E-state index contributed by atoms with van der Waals surface area (Å²) in [6, 6.07) is 0. The Hall–Kier alpha value is -1.37. The SMILES string of the molecule is Cc1nnc(SCC(=O)O[C@@H]2C[C@@H]3CC[C@]2(C)C3(C)C)[nH]c1=O. The molecule has 2 bridgehead atoms. The van der Waals surface area contributed by atoms with Crippen molar-refractivity contribution < 1.29 is 9.53 Å². The third kappa shape index (κ3) is 2.69. The standard InChI is InChI=1S/C16H23N3O3S/c1-9-13(21)17-14(19-18-9)23-8-12(20)22-11-7-10-5-6-16(11,4)15(10,2)3/h10-11H,5-8H2,1-4H3,(H,17,19,21)/t10-,11+,16-/m0/s1. The number of H-pyrrole nitrogens is 1. The Labute approximate surface area is 139 Å². The molecule has 1 aromatic heterocycles. The largest absolute Gasteiger partial charge is 0.461 e. The van der Waals surface area contributed by atoms with E-state index in [1.54, 1.807) is 6.92 Å². The molecule has 3 rings (SSSR count). The number of hydrogen-bond acceptors (Lipinski definition) is 6. The molecule has 0 aliphatic heterocycles. The number of carbonyl (C=O) groups excluding carboxylic acids is 1. The van der Waals surface area contributed by atoms with Gasteiger partial charge in [0.15, 0.2) is 5.16 Å². The highest BCUT2D eigenvalue weighted by atomic mass is 32.2. The Kier molecular flexibility index (Phi) is 4.02. The molecule has 2 aliphatic carbocycles. The van der Waals surface area contributed by atoms with Gasteiger partial charge < -0.3 is 4.74 Å². The van der Waals surface area contributed by atoms with E-state index in [0.717, 1.165) is 24.6 Å². The fraction of sp³-hybridized carbons (Fsp3) is 0.750. The second-order valence-corrected chi connectivity index (χ2v) is 8.39. The number of hydrogen-bond donors (Lipinski definition) is 1. The summed E-state index contributed by atoms with van der Waals surface area (Å²) in [4.78, 5) is 26.2. The molecule has 23 heavy (non-hydrogen) atoms. The first-order chi connectivity index (χ1) is 10.7. The third-order valence-corrected chi connectivity index (χ3v) is 6.99. The highest BCUT2D eigenvalue weighted by Gasteiger charge is 2.62. The van der Waals surface area contributed by atoms with E-state index in [9.17, 15) is 9.59 Å². The fourth-order valence-corrected chi connectivity index (χ4v) is 4.66. The first-order valence-electron chi connectivity index (χ1n) is 8.00. The van der Waals surface area contributed by atoms with Crippen LogP contribution < -0.4 is 5.56 Å². The van der Waals surface area contributed by atoms with Crippen LogP contribution in [0.15, 0.2) is 9.95 Å². The maximum absolute atomic E-state index is 12.2. The summed E-state index contributed by atoms with van der Waals surface area (Å²) in [6.45, 7) is 8.42. The van der Waals surface area contributed by atoms with Gasteiger partial charge in [0.25, 0.3) is 5.56 Å². The number of ether oxygens (including phenoxy) is 1. The van der Waals surface area contributed by atoms with Gasteiger partial charge in [0.1, 0.15) is 11.8 Å². The van der Waals surface area contributed by atoms with E-state index in [4.69, 9.17) is 4.74 Å².